The van der Waals surface area contributed by atoms with E-state index in [1.54, 1.807) is 0 Å². The molecule has 11 heavy (non-hydrogen) atoms. The molecule has 0 amide bonds. The fourth-order valence-corrected chi connectivity index (χ4v) is 1.03. The summed E-state index contributed by atoms with van der Waals surface area (Å²) in [5.74, 6) is 0. The van der Waals surface area contributed by atoms with Crippen molar-refractivity contribution in [1.82, 2.24) is 0 Å². The SMILES string of the molecule is CC(N)(CCCO)P(=O)(O)O. The van der Waals surface area contributed by atoms with Gasteiger partial charge < -0.3 is 20.6 Å². The van der Waals surface area contributed by atoms with Gasteiger partial charge in [0.25, 0.3) is 0 Å². The normalized spacial score (nSPS) is 17.9. The molecule has 0 aromatic rings. The molecule has 0 fully saturated rings. The van der Waals surface area contributed by atoms with Crippen molar-refractivity contribution in [2.75, 3.05) is 6.61 Å². The van der Waals surface area contributed by atoms with Gasteiger partial charge in [0.2, 0.25) is 0 Å². The molecule has 6 heteroatoms. The molecule has 1 unspecified atom stereocenters. The third-order valence-corrected chi connectivity index (χ3v) is 3.06. The summed E-state index contributed by atoms with van der Waals surface area (Å²) in [6.07, 6.45) is 0.423. The molecule has 0 spiro atoms. The molecule has 0 aliphatic carbocycles. The first kappa shape index (κ1) is 11.1. The van der Waals surface area contributed by atoms with Gasteiger partial charge in [-0.15, -0.1) is 0 Å². The molecule has 1 atom stereocenters. The van der Waals surface area contributed by atoms with Gasteiger partial charge >= 0.3 is 7.60 Å². The summed E-state index contributed by atoms with van der Waals surface area (Å²) in [6, 6.07) is 0. The Labute approximate surface area is 65.4 Å². The van der Waals surface area contributed by atoms with Crippen LogP contribution >= 0.6 is 7.60 Å². The molecule has 68 valence electrons. The molecule has 0 aliphatic heterocycles. The Morgan fingerprint density at radius 2 is 2.00 bits per heavy atom. The number of rotatable bonds is 4. The van der Waals surface area contributed by atoms with Crippen LogP contribution in [-0.4, -0.2) is 26.8 Å². The average molecular weight is 183 g/mol. The molecule has 0 heterocycles. The van der Waals surface area contributed by atoms with Gasteiger partial charge in [-0.1, -0.05) is 0 Å². The molecule has 0 aliphatic rings. The van der Waals surface area contributed by atoms with Gasteiger partial charge in [0.05, 0.1) is 0 Å². The van der Waals surface area contributed by atoms with E-state index in [0.717, 1.165) is 0 Å². The van der Waals surface area contributed by atoms with Gasteiger partial charge in [-0.25, -0.2) is 0 Å². The smallest absolute Gasteiger partial charge is 0.344 e. The van der Waals surface area contributed by atoms with Crippen LogP contribution in [0.2, 0.25) is 0 Å². The maximum Gasteiger partial charge on any atom is 0.344 e. The molecular formula is C5H14NO4P. The Balaban J connectivity index is 4.11. The molecule has 0 bridgehead atoms. The summed E-state index contributed by atoms with van der Waals surface area (Å²) >= 11 is 0. The molecule has 0 rings (SSSR count). The third kappa shape index (κ3) is 3.31. The second-order valence-electron chi connectivity index (χ2n) is 2.73. The summed E-state index contributed by atoms with van der Waals surface area (Å²) in [4.78, 5) is 17.4. The van der Waals surface area contributed by atoms with Crippen molar-refractivity contribution < 1.29 is 19.5 Å². The van der Waals surface area contributed by atoms with E-state index in [-0.39, 0.29) is 13.0 Å². The predicted molar refractivity (Wildman–Crippen MR) is 41.0 cm³/mol. The van der Waals surface area contributed by atoms with E-state index in [1.807, 2.05) is 0 Å². The van der Waals surface area contributed by atoms with Crippen molar-refractivity contribution in [3.05, 3.63) is 0 Å². The molecule has 5 N–H and O–H groups in total. The zero-order valence-electron chi connectivity index (χ0n) is 6.40. The topological polar surface area (TPSA) is 104 Å². The van der Waals surface area contributed by atoms with Gasteiger partial charge in [0.15, 0.2) is 0 Å². The van der Waals surface area contributed by atoms with Gasteiger partial charge in [0, 0.05) is 6.61 Å². The molecule has 5 nitrogen and oxygen atoms in total. The summed E-state index contributed by atoms with van der Waals surface area (Å²) in [5, 5.41) is 6.88. The van der Waals surface area contributed by atoms with Crippen LogP contribution in [0.5, 0.6) is 0 Å². The molecular weight excluding hydrogens is 169 g/mol. The molecule has 0 aromatic heterocycles. The second-order valence-corrected chi connectivity index (χ2v) is 4.84. The number of nitrogens with two attached hydrogens (primary N) is 1. The lowest BCUT2D eigenvalue weighted by molar-refractivity contribution is 0.265. The van der Waals surface area contributed by atoms with Crippen LogP contribution in [0.25, 0.3) is 0 Å². The van der Waals surface area contributed by atoms with Crippen molar-refractivity contribution in [3.8, 4) is 0 Å². The quantitative estimate of drug-likeness (QED) is 0.444. The first-order valence-electron chi connectivity index (χ1n) is 3.26. The largest absolute Gasteiger partial charge is 0.396 e. The van der Waals surface area contributed by atoms with Crippen LogP contribution in [-0.2, 0) is 4.57 Å². The highest BCUT2D eigenvalue weighted by atomic mass is 31.2. The number of hydrogen-bond acceptors (Lipinski definition) is 3. The van der Waals surface area contributed by atoms with Crippen LogP contribution in [0.15, 0.2) is 0 Å². The van der Waals surface area contributed by atoms with E-state index in [0.29, 0.717) is 6.42 Å². The Kier molecular flexibility index (Phi) is 3.67. The fourth-order valence-electron chi connectivity index (χ4n) is 0.583. The van der Waals surface area contributed by atoms with E-state index >= 15 is 0 Å². The monoisotopic (exact) mass is 183 g/mol. The Hall–Kier alpha value is 0.0700. The Morgan fingerprint density at radius 3 is 2.27 bits per heavy atom. The summed E-state index contributed by atoms with van der Waals surface area (Å²) < 4.78 is 10.6. The van der Waals surface area contributed by atoms with Crippen LogP contribution in [0.3, 0.4) is 0 Å². The van der Waals surface area contributed by atoms with E-state index in [2.05, 4.69) is 0 Å². The van der Waals surface area contributed by atoms with Crippen LogP contribution in [0.1, 0.15) is 19.8 Å². The summed E-state index contributed by atoms with van der Waals surface area (Å²) in [7, 11) is -4.23. The van der Waals surface area contributed by atoms with E-state index in [9.17, 15) is 4.57 Å². The van der Waals surface area contributed by atoms with Crippen LogP contribution in [0, 0.1) is 0 Å². The van der Waals surface area contributed by atoms with Crippen molar-refractivity contribution in [2.24, 2.45) is 5.73 Å². The van der Waals surface area contributed by atoms with Crippen LogP contribution in [0.4, 0.5) is 0 Å². The van der Waals surface area contributed by atoms with Crippen molar-refractivity contribution in [2.45, 2.75) is 25.0 Å². The number of aliphatic hydroxyl groups excluding tert-OH is 1. The predicted octanol–water partition coefficient (Wildman–Crippen LogP) is -0.388. The molecule has 0 radical (unpaired) electrons. The maximum atomic E-state index is 10.6. The van der Waals surface area contributed by atoms with Gasteiger partial charge in [-0.3, -0.25) is 4.57 Å². The Bertz CT molecular complexity index is 164. The van der Waals surface area contributed by atoms with E-state index < -0.39 is 12.9 Å². The van der Waals surface area contributed by atoms with Gasteiger partial charge in [0.1, 0.15) is 5.28 Å². The zero-order chi connectivity index (χ0) is 9.12. The molecule has 0 saturated heterocycles. The number of aliphatic hydroxyl groups is 1. The van der Waals surface area contributed by atoms with E-state index in [1.165, 1.54) is 6.92 Å². The van der Waals surface area contributed by atoms with Crippen molar-refractivity contribution >= 4 is 7.60 Å². The lowest BCUT2D eigenvalue weighted by Gasteiger charge is -2.24. The van der Waals surface area contributed by atoms with Crippen molar-refractivity contribution in [3.63, 3.8) is 0 Å². The molecule has 0 aromatic carbocycles. The Morgan fingerprint density at radius 1 is 1.55 bits per heavy atom. The zero-order valence-corrected chi connectivity index (χ0v) is 7.29. The minimum absolute atomic E-state index is 0.104. The minimum Gasteiger partial charge on any atom is -0.396 e. The standard InChI is InChI=1S/C5H14NO4P/c1-5(6,3-2-4-7)11(8,9)10/h7H,2-4,6H2,1H3,(H2,8,9,10). The number of hydrogen-bond donors (Lipinski definition) is 4. The minimum atomic E-state index is -4.23. The van der Waals surface area contributed by atoms with E-state index in [4.69, 9.17) is 20.6 Å². The van der Waals surface area contributed by atoms with Gasteiger partial charge in [-0.05, 0) is 19.8 Å². The highest BCUT2D eigenvalue weighted by Gasteiger charge is 2.37. The average Bonchev–Trinajstić information content (AvgIpc) is 1.81. The molecule has 0 saturated carbocycles. The van der Waals surface area contributed by atoms with Gasteiger partial charge in [-0.2, -0.15) is 0 Å². The lowest BCUT2D eigenvalue weighted by Crippen LogP contribution is -2.35. The third-order valence-electron chi connectivity index (χ3n) is 1.51. The summed E-state index contributed by atoms with van der Waals surface area (Å²) in [6.45, 7) is 1.18. The highest BCUT2D eigenvalue weighted by Crippen LogP contribution is 2.48. The fraction of sp³-hybridized carbons (Fsp3) is 1.00. The maximum absolute atomic E-state index is 10.6. The highest BCUT2D eigenvalue weighted by molar-refractivity contribution is 7.53. The second kappa shape index (κ2) is 3.65. The first-order valence-corrected chi connectivity index (χ1v) is 4.88. The summed E-state index contributed by atoms with van der Waals surface area (Å²) in [5.41, 5.74) is 5.31. The van der Waals surface area contributed by atoms with Crippen molar-refractivity contribution in [1.29, 1.82) is 0 Å². The van der Waals surface area contributed by atoms with Crippen LogP contribution < -0.4 is 5.73 Å². The first-order chi connectivity index (χ1) is 4.81. The lowest BCUT2D eigenvalue weighted by atomic mass is 10.2.